The number of hydrogen-bond donors (Lipinski definition) is 1. The second-order valence-corrected chi connectivity index (χ2v) is 10.1. The Kier molecular flexibility index (Phi) is 8.16. The molecule has 0 aliphatic carbocycles. The van der Waals surface area contributed by atoms with E-state index >= 15 is 0 Å². The van der Waals surface area contributed by atoms with Gasteiger partial charge in [0.15, 0.2) is 0 Å². The van der Waals surface area contributed by atoms with Crippen LogP contribution in [0.3, 0.4) is 0 Å². The average molecular weight is 491 g/mol. The smallest absolute Gasteiger partial charge is 0.305 e. The van der Waals surface area contributed by atoms with Crippen molar-refractivity contribution in [2.75, 3.05) is 31.2 Å². The van der Waals surface area contributed by atoms with Gasteiger partial charge in [0.2, 0.25) is 5.88 Å². The molecule has 1 atom stereocenters. The van der Waals surface area contributed by atoms with Gasteiger partial charge in [-0.2, -0.15) is 0 Å². The average Bonchev–Trinajstić information content (AvgIpc) is 2.80. The lowest BCUT2D eigenvalue weighted by atomic mass is 10.1. The van der Waals surface area contributed by atoms with Crippen molar-refractivity contribution in [2.45, 2.75) is 44.6 Å². The summed E-state index contributed by atoms with van der Waals surface area (Å²) in [6.45, 7) is 5.27. The van der Waals surface area contributed by atoms with E-state index in [0.717, 1.165) is 11.1 Å². The van der Waals surface area contributed by atoms with E-state index in [0.29, 0.717) is 17.0 Å². The third kappa shape index (κ3) is 5.87. The van der Waals surface area contributed by atoms with Crippen LogP contribution in [-0.4, -0.2) is 57.4 Å². The molecule has 3 rings (SSSR count). The van der Waals surface area contributed by atoms with Crippen molar-refractivity contribution >= 4 is 27.8 Å². The summed E-state index contributed by atoms with van der Waals surface area (Å²) < 4.78 is 45.4. The molecule has 9 nitrogen and oxygen atoms in total. The van der Waals surface area contributed by atoms with Gasteiger partial charge in [-0.25, -0.2) is 13.4 Å². The number of rotatable bonds is 9. The summed E-state index contributed by atoms with van der Waals surface area (Å²) >= 11 is 0. The van der Waals surface area contributed by atoms with E-state index in [9.17, 15) is 13.2 Å². The Labute approximate surface area is 200 Å². The summed E-state index contributed by atoms with van der Waals surface area (Å²) in [5.41, 5.74) is 2.92. The topological polar surface area (TPSA) is 115 Å². The molecule has 0 amide bonds. The zero-order valence-electron chi connectivity index (χ0n) is 19.8. The lowest BCUT2D eigenvalue weighted by Crippen LogP contribution is -2.44. The first kappa shape index (κ1) is 25.5. The zero-order chi connectivity index (χ0) is 24.9. The van der Waals surface area contributed by atoms with Gasteiger partial charge in [0.05, 0.1) is 25.9 Å². The van der Waals surface area contributed by atoms with Crippen LogP contribution in [0, 0.1) is 6.92 Å². The van der Waals surface area contributed by atoms with E-state index in [1.54, 1.807) is 19.1 Å². The largest absolute Gasteiger partial charge is 0.486 e. The summed E-state index contributed by atoms with van der Waals surface area (Å²) in [5.74, 6) is -0.0847. The molecule has 2 aromatic rings. The van der Waals surface area contributed by atoms with E-state index in [-0.39, 0.29) is 43.4 Å². The maximum absolute atomic E-state index is 13.9. The first-order valence-corrected chi connectivity index (χ1v) is 12.3. The molecule has 0 fully saturated rings. The first-order valence-electron chi connectivity index (χ1n) is 10.9. The summed E-state index contributed by atoms with van der Waals surface area (Å²) in [7, 11) is -2.83. The van der Waals surface area contributed by atoms with Crippen LogP contribution in [0.2, 0.25) is 0 Å². The molecule has 10 heteroatoms. The Hall–Kier alpha value is -3.11. The molecule has 0 unspecified atom stereocenters. The van der Waals surface area contributed by atoms with Crippen LogP contribution in [0.4, 0.5) is 5.69 Å². The van der Waals surface area contributed by atoms with Crippen molar-refractivity contribution in [1.29, 1.82) is 0 Å². The lowest BCUT2D eigenvalue weighted by molar-refractivity contribution is -0.141. The third-order valence-electron chi connectivity index (χ3n) is 5.12. The summed E-state index contributed by atoms with van der Waals surface area (Å²) in [4.78, 5) is 15.7. The molecule has 0 spiro atoms. The molecule has 184 valence electrons. The van der Waals surface area contributed by atoms with E-state index in [2.05, 4.69) is 4.98 Å². The Morgan fingerprint density at radius 2 is 2.09 bits per heavy atom. The SMILES string of the molecule is COC(=O)CC[C@H]1CN(S(=O)(=O)c2cc(C)cnc2OCCO)c2cc(C=C(C)C)ccc2O1. The number of sulfonamides is 1. The number of aliphatic hydroxyl groups excluding tert-OH is 1. The van der Waals surface area contributed by atoms with Gasteiger partial charge in [-0.05, 0) is 56.5 Å². The van der Waals surface area contributed by atoms with Gasteiger partial charge in [-0.15, -0.1) is 0 Å². The molecule has 1 aliphatic rings. The number of aromatic nitrogens is 1. The van der Waals surface area contributed by atoms with Crippen molar-refractivity contribution in [3.8, 4) is 11.6 Å². The molecule has 1 aromatic carbocycles. The number of allylic oxidation sites excluding steroid dienone is 1. The molecule has 2 heterocycles. The predicted molar refractivity (Wildman–Crippen MR) is 128 cm³/mol. The van der Waals surface area contributed by atoms with Crippen molar-refractivity contribution in [1.82, 2.24) is 4.98 Å². The van der Waals surface area contributed by atoms with Crippen LogP contribution in [0.15, 0.2) is 40.9 Å². The second kappa shape index (κ2) is 10.9. The predicted octanol–water partition coefficient (Wildman–Crippen LogP) is 3.09. The van der Waals surface area contributed by atoms with Gasteiger partial charge in [0, 0.05) is 12.6 Å². The number of carbonyl (C=O) groups is 1. The molecule has 0 radical (unpaired) electrons. The Bertz CT molecular complexity index is 1170. The summed E-state index contributed by atoms with van der Waals surface area (Å²) in [5, 5.41) is 9.14. The number of aryl methyl sites for hydroxylation is 1. The molecule has 1 N–H and O–H groups in total. The Morgan fingerprint density at radius 3 is 2.76 bits per heavy atom. The van der Waals surface area contributed by atoms with Crippen LogP contribution < -0.4 is 13.8 Å². The van der Waals surface area contributed by atoms with Crippen LogP contribution in [0.1, 0.15) is 37.8 Å². The number of pyridine rings is 1. The molecule has 0 saturated heterocycles. The van der Waals surface area contributed by atoms with Gasteiger partial charge < -0.3 is 19.3 Å². The van der Waals surface area contributed by atoms with Crippen molar-refractivity contribution < 1.29 is 32.5 Å². The number of hydrogen-bond acceptors (Lipinski definition) is 8. The summed E-state index contributed by atoms with van der Waals surface area (Å²) in [6, 6.07) is 6.83. The number of fused-ring (bicyclic) bond motifs is 1. The zero-order valence-corrected chi connectivity index (χ0v) is 20.6. The molecule has 0 saturated carbocycles. The molecule has 1 aliphatic heterocycles. The standard InChI is InChI=1S/C24H30N2O7S/c1-16(2)11-18-5-7-21-20(13-18)26(15-19(33-21)6-8-23(28)31-4)34(29,30)22-12-17(3)14-25-24(22)32-10-9-27/h5,7,11-14,19,27H,6,8-10,15H2,1-4H3/t19-/m0/s1. The van der Waals surface area contributed by atoms with Crippen molar-refractivity contribution in [3.05, 3.63) is 47.2 Å². The Balaban J connectivity index is 2.09. The number of methoxy groups -OCH3 is 1. The fraction of sp³-hybridized carbons (Fsp3) is 0.417. The van der Waals surface area contributed by atoms with Gasteiger partial charge in [0.25, 0.3) is 10.0 Å². The minimum atomic E-state index is -4.13. The van der Waals surface area contributed by atoms with E-state index in [4.69, 9.17) is 19.3 Å². The quantitative estimate of drug-likeness (QED) is 0.533. The molecule has 34 heavy (non-hydrogen) atoms. The number of esters is 1. The highest BCUT2D eigenvalue weighted by molar-refractivity contribution is 7.93. The number of nitrogens with zero attached hydrogens (tertiary/aromatic N) is 2. The van der Waals surface area contributed by atoms with Gasteiger partial charge in [0.1, 0.15) is 23.4 Å². The maximum atomic E-state index is 13.9. The fourth-order valence-electron chi connectivity index (χ4n) is 3.59. The van der Waals surface area contributed by atoms with Crippen LogP contribution in [-0.2, 0) is 19.6 Å². The van der Waals surface area contributed by atoms with Crippen molar-refractivity contribution in [2.24, 2.45) is 0 Å². The van der Waals surface area contributed by atoms with E-state index in [1.165, 1.54) is 23.7 Å². The lowest BCUT2D eigenvalue weighted by Gasteiger charge is -2.36. The van der Waals surface area contributed by atoms with Crippen LogP contribution >= 0.6 is 0 Å². The fourth-order valence-corrected chi connectivity index (χ4v) is 5.26. The molecular formula is C24H30N2O7S. The summed E-state index contributed by atoms with van der Waals surface area (Å²) in [6.07, 6.45) is 3.27. The normalized spacial score (nSPS) is 15.2. The molecular weight excluding hydrogens is 460 g/mol. The van der Waals surface area contributed by atoms with Crippen LogP contribution in [0.5, 0.6) is 11.6 Å². The second-order valence-electron chi connectivity index (χ2n) is 8.23. The monoisotopic (exact) mass is 490 g/mol. The number of anilines is 1. The van der Waals surface area contributed by atoms with Crippen LogP contribution in [0.25, 0.3) is 6.08 Å². The minimum absolute atomic E-state index is 0.00200. The highest BCUT2D eigenvalue weighted by Crippen LogP contribution is 2.40. The highest BCUT2D eigenvalue weighted by atomic mass is 32.2. The number of aliphatic hydroxyl groups is 1. The molecule has 1 aromatic heterocycles. The number of benzene rings is 1. The van der Waals surface area contributed by atoms with Gasteiger partial charge in [-0.1, -0.05) is 17.7 Å². The Morgan fingerprint density at radius 1 is 1.32 bits per heavy atom. The maximum Gasteiger partial charge on any atom is 0.305 e. The number of carbonyl (C=O) groups excluding carboxylic acids is 1. The van der Waals surface area contributed by atoms with E-state index < -0.39 is 22.1 Å². The highest BCUT2D eigenvalue weighted by Gasteiger charge is 2.37. The minimum Gasteiger partial charge on any atom is -0.486 e. The third-order valence-corrected chi connectivity index (χ3v) is 6.90. The molecule has 0 bridgehead atoms. The van der Waals surface area contributed by atoms with Gasteiger partial charge >= 0.3 is 5.97 Å². The number of ether oxygens (including phenoxy) is 3. The van der Waals surface area contributed by atoms with Gasteiger partial charge in [-0.3, -0.25) is 9.10 Å². The van der Waals surface area contributed by atoms with E-state index in [1.807, 2.05) is 26.0 Å². The first-order chi connectivity index (χ1) is 16.1. The van der Waals surface area contributed by atoms with Crippen molar-refractivity contribution in [3.63, 3.8) is 0 Å².